The van der Waals surface area contributed by atoms with Gasteiger partial charge in [0.05, 0.1) is 18.5 Å². The van der Waals surface area contributed by atoms with E-state index in [0.717, 1.165) is 5.69 Å². The van der Waals surface area contributed by atoms with Crippen LogP contribution in [0.5, 0.6) is 0 Å². The van der Waals surface area contributed by atoms with Crippen LogP contribution in [-0.2, 0) is 25.5 Å². The standard InChI is InChI=1S/C21H30N4O4/c1-3-18-17(21(28)23-10-8-15-7-5-6-9-22-15)11-16-12-24(13-19(26)25(16)18)20(27)14-29-4-2/h5-7,9,16-18H,3-4,8,10-14H2,1-2H3,(H,23,28)/t16-,17-,18-/m0/s1. The molecule has 3 heterocycles. The molecule has 29 heavy (non-hydrogen) atoms. The summed E-state index contributed by atoms with van der Waals surface area (Å²) in [6.07, 6.45) is 3.71. The number of nitrogens with one attached hydrogen (secondary N) is 1. The average Bonchev–Trinajstić information content (AvgIpc) is 3.12. The van der Waals surface area contributed by atoms with Gasteiger partial charge in [-0.15, -0.1) is 0 Å². The van der Waals surface area contributed by atoms with Gasteiger partial charge in [0.2, 0.25) is 17.7 Å². The van der Waals surface area contributed by atoms with Gasteiger partial charge in [-0.05, 0) is 31.9 Å². The van der Waals surface area contributed by atoms with Crippen molar-refractivity contribution in [2.45, 2.75) is 45.2 Å². The first-order valence-corrected chi connectivity index (χ1v) is 10.4. The molecule has 158 valence electrons. The SMILES string of the molecule is CCOCC(=O)N1CC(=O)N2[C@@H](C[C@H](C(=O)NCCc3ccccn3)[C@@H]2CC)C1. The number of aromatic nitrogens is 1. The van der Waals surface area contributed by atoms with Crippen molar-refractivity contribution < 1.29 is 19.1 Å². The maximum atomic E-state index is 12.8. The highest BCUT2D eigenvalue weighted by Gasteiger charge is 2.49. The van der Waals surface area contributed by atoms with E-state index in [1.54, 1.807) is 11.1 Å². The van der Waals surface area contributed by atoms with E-state index in [-0.39, 0.29) is 48.9 Å². The van der Waals surface area contributed by atoms with Crippen molar-refractivity contribution in [2.75, 3.05) is 32.8 Å². The van der Waals surface area contributed by atoms with Crippen LogP contribution in [0.3, 0.4) is 0 Å². The summed E-state index contributed by atoms with van der Waals surface area (Å²) in [5.41, 5.74) is 0.933. The molecule has 0 spiro atoms. The largest absolute Gasteiger partial charge is 0.372 e. The third-order valence-electron chi connectivity index (χ3n) is 5.73. The summed E-state index contributed by atoms with van der Waals surface area (Å²) in [6.45, 7) is 5.32. The monoisotopic (exact) mass is 402 g/mol. The van der Waals surface area contributed by atoms with E-state index in [2.05, 4.69) is 10.3 Å². The predicted octanol–water partition coefficient (Wildman–Crippen LogP) is 0.615. The molecule has 2 aliphatic heterocycles. The Balaban J connectivity index is 1.59. The van der Waals surface area contributed by atoms with Gasteiger partial charge < -0.3 is 19.9 Å². The molecule has 8 heteroatoms. The van der Waals surface area contributed by atoms with Crippen molar-refractivity contribution >= 4 is 17.7 Å². The predicted molar refractivity (Wildman–Crippen MR) is 107 cm³/mol. The Morgan fingerprint density at radius 1 is 1.31 bits per heavy atom. The molecule has 3 atom stereocenters. The Bertz CT molecular complexity index is 727. The Morgan fingerprint density at radius 2 is 2.14 bits per heavy atom. The van der Waals surface area contributed by atoms with Gasteiger partial charge in [0.1, 0.15) is 6.61 Å². The number of fused-ring (bicyclic) bond motifs is 1. The van der Waals surface area contributed by atoms with Gasteiger partial charge in [-0.25, -0.2) is 0 Å². The van der Waals surface area contributed by atoms with Gasteiger partial charge in [-0.2, -0.15) is 0 Å². The molecule has 1 aromatic rings. The number of ether oxygens (including phenoxy) is 1. The zero-order valence-corrected chi connectivity index (χ0v) is 17.2. The summed E-state index contributed by atoms with van der Waals surface area (Å²) in [5, 5.41) is 3.01. The molecular formula is C21H30N4O4. The van der Waals surface area contributed by atoms with Crippen LogP contribution >= 0.6 is 0 Å². The topological polar surface area (TPSA) is 91.8 Å². The van der Waals surface area contributed by atoms with Gasteiger partial charge in [0, 0.05) is 44.0 Å². The maximum absolute atomic E-state index is 12.8. The Kier molecular flexibility index (Phi) is 7.19. The molecule has 2 saturated heterocycles. The third kappa shape index (κ3) is 4.93. The zero-order chi connectivity index (χ0) is 20.8. The number of carbonyl (C=O) groups is 3. The molecule has 0 bridgehead atoms. The van der Waals surface area contributed by atoms with Gasteiger partial charge in [0.15, 0.2) is 0 Å². The lowest BCUT2D eigenvalue weighted by Gasteiger charge is -2.39. The van der Waals surface area contributed by atoms with Crippen LogP contribution in [0.15, 0.2) is 24.4 Å². The van der Waals surface area contributed by atoms with Crippen LogP contribution in [0.25, 0.3) is 0 Å². The molecule has 0 saturated carbocycles. The number of hydrogen-bond donors (Lipinski definition) is 1. The molecule has 1 aromatic heterocycles. The normalized spacial score (nSPS) is 23.8. The molecule has 3 rings (SSSR count). The number of piperazine rings is 1. The summed E-state index contributed by atoms with van der Waals surface area (Å²) in [5.74, 6) is -0.528. The van der Waals surface area contributed by atoms with Crippen molar-refractivity contribution in [1.29, 1.82) is 0 Å². The molecule has 0 aliphatic carbocycles. The highest BCUT2D eigenvalue weighted by molar-refractivity contribution is 5.89. The minimum atomic E-state index is -0.250. The first kappa shape index (κ1) is 21.2. The number of carbonyl (C=O) groups excluding carboxylic acids is 3. The summed E-state index contributed by atoms with van der Waals surface area (Å²) in [4.78, 5) is 45.5. The molecule has 1 N–H and O–H groups in total. The van der Waals surface area contributed by atoms with E-state index in [1.807, 2.05) is 36.9 Å². The number of amides is 3. The Labute approximate surface area is 171 Å². The second kappa shape index (κ2) is 9.82. The van der Waals surface area contributed by atoms with Crippen molar-refractivity contribution in [2.24, 2.45) is 5.92 Å². The molecule has 8 nitrogen and oxygen atoms in total. The number of nitrogens with zero attached hydrogens (tertiary/aromatic N) is 3. The molecule has 0 aromatic carbocycles. The highest BCUT2D eigenvalue weighted by Crippen LogP contribution is 2.35. The minimum absolute atomic E-state index is 0.00879. The second-order valence-corrected chi connectivity index (χ2v) is 7.55. The molecule has 2 aliphatic rings. The zero-order valence-electron chi connectivity index (χ0n) is 17.2. The van der Waals surface area contributed by atoms with E-state index in [9.17, 15) is 14.4 Å². The van der Waals surface area contributed by atoms with E-state index >= 15 is 0 Å². The Morgan fingerprint density at radius 3 is 2.83 bits per heavy atom. The molecule has 2 fully saturated rings. The van der Waals surface area contributed by atoms with Crippen molar-refractivity contribution in [3.05, 3.63) is 30.1 Å². The van der Waals surface area contributed by atoms with Crippen LogP contribution in [0, 0.1) is 5.92 Å². The molecule has 3 amide bonds. The minimum Gasteiger partial charge on any atom is -0.372 e. The van der Waals surface area contributed by atoms with Crippen molar-refractivity contribution in [3.63, 3.8) is 0 Å². The smallest absolute Gasteiger partial charge is 0.249 e. The highest BCUT2D eigenvalue weighted by atomic mass is 16.5. The van der Waals surface area contributed by atoms with Crippen molar-refractivity contribution in [3.8, 4) is 0 Å². The second-order valence-electron chi connectivity index (χ2n) is 7.55. The summed E-state index contributed by atoms with van der Waals surface area (Å²) >= 11 is 0. The first-order chi connectivity index (χ1) is 14.0. The van der Waals surface area contributed by atoms with E-state index in [4.69, 9.17) is 4.74 Å². The molecule has 0 unspecified atom stereocenters. The van der Waals surface area contributed by atoms with E-state index < -0.39 is 0 Å². The summed E-state index contributed by atoms with van der Waals surface area (Å²) in [7, 11) is 0. The number of hydrogen-bond acceptors (Lipinski definition) is 5. The van der Waals surface area contributed by atoms with E-state index in [0.29, 0.717) is 39.0 Å². The van der Waals surface area contributed by atoms with Crippen LogP contribution in [0.4, 0.5) is 0 Å². The van der Waals surface area contributed by atoms with Crippen LogP contribution in [-0.4, -0.2) is 77.4 Å². The number of rotatable bonds is 8. The lowest BCUT2D eigenvalue weighted by atomic mass is 9.96. The third-order valence-corrected chi connectivity index (χ3v) is 5.73. The first-order valence-electron chi connectivity index (χ1n) is 10.4. The lowest BCUT2D eigenvalue weighted by Crippen LogP contribution is -2.58. The summed E-state index contributed by atoms with van der Waals surface area (Å²) < 4.78 is 5.19. The van der Waals surface area contributed by atoms with Crippen LogP contribution in [0.2, 0.25) is 0 Å². The van der Waals surface area contributed by atoms with Gasteiger partial charge in [-0.3, -0.25) is 19.4 Å². The molecular weight excluding hydrogens is 372 g/mol. The average molecular weight is 402 g/mol. The fourth-order valence-corrected chi connectivity index (χ4v) is 4.37. The fraction of sp³-hybridized carbons (Fsp3) is 0.619. The van der Waals surface area contributed by atoms with Gasteiger partial charge in [0.25, 0.3) is 0 Å². The molecule has 0 radical (unpaired) electrons. The van der Waals surface area contributed by atoms with Gasteiger partial charge in [-0.1, -0.05) is 13.0 Å². The van der Waals surface area contributed by atoms with Crippen LogP contribution < -0.4 is 5.32 Å². The fourth-order valence-electron chi connectivity index (χ4n) is 4.37. The van der Waals surface area contributed by atoms with Gasteiger partial charge >= 0.3 is 0 Å². The quantitative estimate of drug-likeness (QED) is 0.688. The van der Waals surface area contributed by atoms with Crippen LogP contribution in [0.1, 0.15) is 32.4 Å². The van der Waals surface area contributed by atoms with E-state index in [1.165, 1.54) is 0 Å². The summed E-state index contributed by atoms with van der Waals surface area (Å²) in [6, 6.07) is 5.49. The Hall–Kier alpha value is -2.48. The van der Waals surface area contributed by atoms with Crippen molar-refractivity contribution in [1.82, 2.24) is 20.1 Å². The maximum Gasteiger partial charge on any atom is 0.249 e. The lowest BCUT2D eigenvalue weighted by molar-refractivity contribution is -0.151. The number of pyridine rings is 1.